The van der Waals surface area contributed by atoms with Crippen molar-refractivity contribution in [2.24, 2.45) is 4.99 Å². The number of aliphatic imine (C=N–C) groups is 1. The van der Waals surface area contributed by atoms with Gasteiger partial charge in [-0.25, -0.2) is 4.39 Å². The lowest BCUT2D eigenvalue weighted by atomic mass is 10.1. The van der Waals surface area contributed by atoms with E-state index in [1.165, 1.54) is 12.1 Å². The van der Waals surface area contributed by atoms with E-state index >= 15 is 0 Å². The van der Waals surface area contributed by atoms with Crippen LogP contribution in [0, 0.1) is 5.82 Å². The number of aliphatic hydroxyl groups excluding tert-OH is 1. The third-order valence-electron chi connectivity index (χ3n) is 4.10. The van der Waals surface area contributed by atoms with E-state index in [1.54, 1.807) is 25.3 Å². The molecular weight excluding hydrogens is 488 g/mol. The fourth-order valence-electron chi connectivity index (χ4n) is 2.53. The first-order valence-electron chi connectivity index (χ1n) is 9.23. The lowest BCUT2D eigenvalue weighted by Gasteiger charge is -2.22. The van der Waals surface area contributed by atoms with Crippen molar-refractivity contribution in [1.29, 1.82) is 0 Å². The number of likely N-dealkylation sites (N-methyl/N-ethyl adjacent to an activating group) is 1. The topological polar surface area (TPSA) is 66.3 Å². The Labute approximate surface area is 188 Å². The molecule has 0 saturated carbocycles. The second-order valence-corrected chi connectivity index (χ2v) is 6.21. The molecule has 2 aromatic carbocycles. The molecule has 2 N–H and O–H groups in total. The summed E-state index contributed by atoms with van der Waals surface area (Å²) in [5.41, 5.74) is 0.751. The Morgan fingerprint density at radius 2 is 1.93 bits per heavy atom. The van der Waals surface area contributed by atoms with E-state index in [2.05, 4.69) is 10.3 Å². The molecule has 0 aromatic heterocycles. The Balaban J connectivity index is 0.00000420. The number of aliphatic hydroxyl groups is 1. The maximum Gasteiger partial charge on any atom is 0.193 e. The molecule has 1 unspecified atom stereocenters. The predicted octanol–water partition coefficient (Wildman–Crippen LogP) is 3.46. The molecule has 0 aliphatic rings. The highest BCUT2D eigenvalue weighted by molar-refractivity contribution is 14.0. The van der Waals surface area contributed by atoms with Gasteiger partial charge in [-0.05, 0) is 48.9 Å². The summed E-state index contributed by atoms with van der Waals surface area (Å²) in [6.07, 6.45) is -0.729. The summed E-state index contributed by atoms with van der Waals surface area (Å²) in [6, 6.07) is 13.2. The number of nitrogens with one attached hydrogen (secondary N) is 1. The molecular formula is C21H29FIN3O3. The highest BCUT2D eigenvalue weighted by Gasteiger charge is 2.11. The van der Waals surface area contributed by atoms with Crippen LogP contribution in [-0.4, -0.2) is 56.4 Å². The first kappa shape index (κ1) is 25.0. The summed E-state index contributed by atoms with van der Waals surface area (Å²) in [5, 5.41) is 13.6. The Hall–Kier alpha value is -2.07. The van der Waals surface area contributed by atoms with Gasteiger partial charge in [-0.3, -0.25) is 4.99 Å². The average molecular weight is 517 g/mol. The highest BCUT2D eigenvalue weighted by atomic mass is 127. The molecule has 8 heteroatoms. The van der Waals surface area contributed by atoms with Gasteiger partial charge in [0.25, 0.3) is 0 Å². The van der Waals surface area contributed by atoms with Crippen LogP contribution in [0.3, 0.4) is 0 Å². The van der Waals surface area contributed by atoms with Crippen LogP contribution >= 0.6 is 24.0 Å². The van der Waals surface area contributed by atoms with Gasteiger partial charge >= 0.3 is 0 Å². The molecule has 0 bridgehead atoms. The van der Waals surface area contributed by atoms with Crippen LogP contribution in [-0.2, 0) is 0 Å². The maximum atomic E-state index is 12.9. The molecule has 29 heavy (non-hydrogen) atoms. The summed E-state index contributed by atoms with van der Waals surface area (Å²) in [5.74, 6) is 1.69. The number of benzene rings is 2. The molecule has 0 saturated heterocycles. The lowest BCUT2D eigenvalue weighted by Crippen LogP contribution is -2.41. The van der Waals surface area contributed by atoms with Crippen molar-refractivity contribution in [3.8, 4) is 11.5 Å². The molecule has 0 fully saturated rings. The third kappa shape index (κ3) is 8.45. The molecule has 6 nitrogen and oxygen atoms in total. The van der Waals surface area contributed by atoms with E-state index < -0.39 is 6.10 Å². The summed E-state index contributed by atoms with van der Waals surface area (Å²) >= 11 is 0. The van der Waals surface area contributed by atoms with Crippen LogP contribution in [0.25, 0.3) is 0 Å². The van der Waals surface area contributed by atoms with E-state index in [0.29, 0.717) is 37.2 Å². The largest absolute Gasteiger partial charge is 0.497 e. The van der Waals surface area contributed by atoms with Crippen LogP contribution in [0.1, 0.15) is 18.6 Å². The quantitative estimate of drug-likeness (QED) is 0.303. The van der Waals surface area contributed by atoms with Crippen molar-refractivity contribution < 1.29 is 19.0 Å². The minimum Gasteiger partial charge on any atom is -0.497 e. The van der Waals surface area contributed by atoms with Gasteiger partial charge in [0.05, 0.1) is 26.3 Å². The smallest absolute Gasteiger partial charge is 0.193 e. The second-order valence-electron chi connectivity index (χ2n) is 6.21. The van der Waals surface area contributed by atoms with Crippen LogP contribution in [0.2, 0.25) is 0 Å². The SMILES string of the molecule is CCNC(=NCC(O)c1cccc(OC)c1)N(C)CCOc1ccc(F)cc1.I. The number of nitrogens with zero attached hydrogens (tertiary/aromatic N) is 2. The minimum atomic E-state index is -0.729. The summed E-state index contributed by atoms with van der Waals surface area (Å²) in [4.78, 5) is 6.44. The number of guanidine groups is 1. The van der Waals surface area contributed by atoms with E-state index in [-0.39, 0.29) is 36.3 Å². The maximum absolute atomic E-state index is 12.9. The zero-order valence-electron chi connectivity index (χ0n) is 17.0. The van der Waals surface area contributed by atoms with Crippen LogP contribution in [0.15, 0.2) is 53.5 Å². The van der Waals surface area contributed by atoms with Gasteiger partial charge in [-0.15, -0.1) is 24.0 Å². The van der Waals surface area contributed by atoms with Gasteiger partial charge in [0.2, 0.25) is 0 Å². The molecule has 2 aromatic rings. The Kier molecular flexibility index (Phi) is 11.4. The third-order valence-corrected chi connectivity index (χ3v) is 4.10. The number of hydrogen-bond acceptors (Lipinski definition) is 4. The van der Waals surface area contributed by atoms with E-state index in [0.717, 1.165) is 5.56 Å². The predicted molar refractivity (Wildman–Crippen MR) is 124 cm³/mol. The number of halogens is 2. The standard InChI is InChI=1S/C21H28FN3O3.HI/c1-4-23-21(24-15-20(26)16-6-5-7-19(14-16)27-3)25(2)12-13-28-18-10-8-17(22)9-11-18;/h5-11,14,20,26H,4,12-13,15H2,1-3H3,(H,23,24);1H. The molecule has 0 radical (unpaired) electrons. The van der Waals surface area contributed by atoms with Crippen molar-refractivity contribution in [2.45, 2.75) is 13.0 Å². The van der Waals surface area contributed by atoms with Crippen molar-refractivity contribution in [2.75, 3.05) is 40.4 Å². The summed E-state index contributed by atoms with van der Waals surface area (Å²) < 4.78 is 23.7. The van der Waals surface area contributed by atoms with Gasteiger partial charge < -0.3 is 24.8 Å². The van der Waals surface area contributed by atoms with E-state index in [4.69, 9.17) is 9.47 Å². The Morgan fingerprint density at radius 3 is 2.59 bits per heavy atom. The van der Waals surface area contributed by atoms with Gasteiger partial charge in [0.15, 0.2) is 5.96 Å². The first-order valence-corrected chi connectivity index (χ1v) is 9.23. The molecule has 0 spiro atoms. The van der Waals surface area contributed by atoms with Crippen molar-refractivity contribution in [1.82, 2.24) is 10.2 Å². The Bertz CT molecular complexity index is 759. The van der Waals surface area contributed by atoms with Crippen molar-refractivity contribution in [3.05, 3.63) is 59.9 Å². The second kappa shape index (κ2) is 13.2. The monoisotopic (exact) mass is 517 g/mol. The summed E-state index contributed by atoms with van der Waals surface area (Å²) in [7, 11) is 3.49. The van der Waals surface area contributed by atoms with Gasteiger partial charge in [-0.1, -0.05) is 12.1 Å². The normalized spacial score (nSPS) is 12.0. The average Bonchev–Trinajstić information content (AvgIpc) is 2.72. The lowest BCUT2D eigenvalue weighted by molar-refractivity contribution is 0.186. The van der Waals surface area contributed by atoms with Gasteiger partial charge in [0.1, 0.15) is 23.9 Å². The molecule has 0 heterocycles. The van der Waals surface area contributed by atoms with E-state index in [1.807, 2.05) is 37.1 Å². The molecule has 0 aliphatic carbocycles. The van der Waals surface area contributed by atoms with Crippen molar-refractivity contribution >= 4 is 29.9 Å². The molecule has 1 atom stereocenters. The van der Waals surface area contributed by atoms with Crippen molar-refractivity contribution in [3.63, 3.8) is 0 Å². The minimum absolute atomic E-state index is 0. The molecule has 160 valence electrons. The summed E-state index contributed by atoms with van der Waals surface area (Å²) in [6.45, 7) is 3.91. The zero-order valence-corrected chi connectivity index (χ0v) is 19.3. The van der Waals surface area contributed by atoms with Gasteiger partial charge in [0, 0.05) is 13.6 Å². The Morgan fingerprint density at radius 1 is 1.21 bits per heavy atom. The first-order chi connectivity index (χ1) is 13.5. The molecule has 2 rings (SSSR count). The number of ether oxygens (including phenoxy) is 2. The number of methoxy groups -OCH3 is 1. The fourth-order valence-corrected chi connectivity index (χ4v) is 2.53. The molecule has 0 amide bonds. The van der Waals surface area contributed by atoms with E-state index in [9.17, 15) is 9.50 Å². The zero-order chi connectivity index (χ0) is 20.4. The van der Waals surface area contributed by atoms with Crippen LogP contribution < -0.4 is 14.8 Å². The number of hydrogen-bond donors (Lipinski definition) is 2. The van der Waals surface area contributed by atoms with Crippen LogP contribution in [0.4, 0.5) is 4.39 Å². The molecule has 0 aliphatic heterocycles. The highest BCUT2D eigenvalue weighted by Crippen LogP contribution is 2.19. The van der Waals surface area contributed by atoms with Gasteiger partial charge in [-0.2, -0.15) is 0 Å². The fraction of sp³-hybridized carbons (Fsp3) is 0.381. The van der Waals surface area contributed by atoms with Crippen LogP contribution in [0.5, 0.6) is 11.5 Å². The number of rotatable bonds is 9.